The smallest absolute Gasteiger partial charge is 0.329 e. The molecule has 0 aromatic carbocycles. The summed E-state index contributed by atoms with van der Waals surface area (Å²) < 4.78 is 5.94. The second-order valence-electron chi connectivity index (χ2n) is 3.27. The van der Waals surface area contributed by atoms with E-state index in [1.165, 1.54) is 29.5 Å². The second kappa shape index (κ2) is 4.52. The fraction of sp³-hybridized carbons (Fsp3) is 0.333. The molecule has 88 valence electrons. The van der Waals surface area contributed by atoms with Crippen LogP contribution < -0.4 is 5.56 Å². The number of fused-ring (bicyclic) bond motifs is 1. The third-order valence-corrected chi connectivity index (χ3v) is 3.50. The molecule has 7 nitrogen and oxygen atoms in total. The summed E-state index contributed by atoms with van der Waals surface area (Å²) in [5.41, 5.74) is 7.83. The zero-order valence-corrected chi connectivity index (χ0v) is 9.68. The number of methoxy groups -OCH3 is 1. The number of azide groups is 1. The van der Waals surface area contributed by atoms with E-state index >= 15 is 0 Å². The van der Waals surface area contributed by atoms with Gasteiger partial charge in [-0.1, -0.05) is 5.11 Å². The molecular weight excluding hydrogens is 244 g/mol. The molecular formula is C9H8N4O3S. The standard InChI is InChI=1S/C9H8N4O3S/c1-16-9(15)6-4-17-7-3-2-5(11-12-10)8(14)13(6)7/h2-3,6H,4H2,1H3/t6-/m0/s1. The van der Waals surface area contributed by atoms with Crippen LogP contribution in [0.2, 0.25) is 0 Å². The van der Waals surface area contributed by atoms with Crippen molar-refractivity contribution in [3.63, 3.8) is 0 Å². The molecule has 0 saturated carbocycles. The van der Waals surface area contributed by atoms with Gasteiger partial charge in [-0.05, 0) is 17.7 Å². The highest BCUT2D eigenvalue weighted by atomic mass is 32.2. The Kier molecular flexibility index (Phi) is 3.08. The topological polar surface area (TPSA) is 97.1 Å². The van der Waals surface area contributed by atoms with Gasteiger partial charge in [0.05, 0.1) is 12.1 Å². The van der Waals surface area contributed by atoms with Crippen molar-refractivity contribution in [1.82, 2.24) is 4.57 Å². The fourth-order valence-electron chi connectivity index (χ4n) is 1.61. The maximum Gasteiger partial charge on any atom is 0.329 e. The lowest BCUT2D eigenvalue weighted by Gasteiger charge is -2.11. The number of carbonyl (C=O) groups excluding carboxylic acids is 1. The summed E-state index contributed by atoms with van der Waals surface area (Å²) in [7, 11) is 1.27. The predicted molar refractivity (Wildman–Crippen MR) is 61.3 cm³/mol. The molecule has 0 unspecified atom stereocenters. The minimum Gasteiger partial charge on any atom is -0.467 e. The van der Waals surface area contributed by atoms with Gasteiger partial charge in [-0.2, -0.15) is 0 Å². The summed E-state index contributed by atoms with van der Waals surface area (Å²) in [6, 6.07) is 2.45. The van der Waals surface area contributed by atoms with Crippen LogP contribution >= 0.6 is 11.8 Å². The normalized spacial score (nSPS) is 17.1. The lowest BCUT2D eigenvalue weighted by Crippen LogP contribution is -2.29. The number of thioether (sulfide) groups is 1. The van der Waals surface area contributed by atoms with E-state index in [-0.39, 0.29) is 5.69 Å². The van der Waals surface area contributed by atoms with Gasteiger partial charge in [-0.15, -0.1) is 11.8 Å². The monoisotopic (exact) mass is 252 g/mol. The molecule has 0 N–H and O–H groups in total. The molecule has 0 radical (unpaired) electrons. The van der Waals surface area contributed by atoms with Crippen LogP contribution in [0.3, 0.4) is 0 Å². The molecule has 0 bridgehead atoms. The van der Waals surface area contributed by atoms with E-state index in [0.717, 1.165) is 0 Å². The molecule has 1 aromatic heterocycles. The van der Waals surface area contributed by atoms with Gasteiger partial charge in [-0.25, -0.2) is 4.79 Å². The lowest BCUT2D eigenvalue weighted by molar-refractivity contribution is -0.143. The number of aromatic nitrogens is 1. The molecule has 1 aliphatic heterocycles. The second-order valence-corrected chi connectivity index (χ2v) is 4.31. The van der Waals surface area contributed by atoms with Crippen molar-refractivity contribution in [3.8, 4) is 0 Å². The molecule has 0 saturated heterocycles. The summed E-state index contributed by atoms with van der Waals surface area (Å²) >= 11 is 1.39. The van der Waals surface area contributed by atoms with E-state index in [1.54, 1.807) is 6.07 Å². The Morgan fingerprint density at radius 2 is 2.47 bits per heavy atom. The van der Waals surface area contributed by atoms with Gasteiger partial charge in [-0.3, -0.25) is 9.36 Å². The molecule has 1 atom stereocenters. The van der Waals surface area contributed by atoms with Gasteiger partial charge in [0, 0.05) is 10.7 Å². The average Bonchev–Trinajstić information content (AvgIpc) is 2.76. The predicted octanol–water partition coefficient (Wildman–Crippen LogP) is 1.61. The van der Waals surface area contributed by atoms with Crippen molar-refractivity contribution in [1.29, 1.82) is 0 Å². The molecule has 0 amide bonds. The number of pyridine rings is 1. The van der Waals surface area contributed by atoms with E-state index in [9.17, 15) is 9.59 Å². The van der Waals surface area contributed by atoms with Crippen LogP contribution in [-0.2, 0) is 9.53 Å². The first-order valence-corrected chi connectivity index (χ1v) is 5.69. The molecule has 0 fully saturated rings. The Hall–Kier alpha value is -1.92. The molecule has 17 heavy (non-hydrogen) atoms. The molecule has 1 aromatic rings. The minimum absolute atomic E-state index is 0.0207. The molecule has 2 rings (SSSR count). The summed E-state index contributed by atoms with van der Waals surface area (Å²) in [4.78, 5) is 26.0. The highest BCUT2D eigenvalue weighted by Gasteiger charge is 2.31. The summed E-state index contributed by atoms with van der Waals surface area (Å²) in [6.07, 6.45) is 0. The summed E-state index contributed by atoms with van der Waals surface area (Å²) in [6.45, 7) is 0. The van der Waals surface area contributed by atoms with Crippen molar-refractivity contribution < 1.29 is 9.53 Å². The maximum atomic E-state index is 12.0. The molecule has 8 heteroatoms. The van der Waals surface area contributed by atoms with E-state index < -0.39 is 17.6 Å². The van der Waals surface area contributed by atoms with E-state index in [1.807, 2.05) is 0 Å². The quantitative estimate of drug-likeness (QED) is 0.345. The number of hydrogen-bond acceptors (Lipinski definition) is 5. The number of rotatable bonds is 2. The van der Waals surface area contributed by atoms with Crippen molar-refractivity contribution >= 4 is 23.4 Å². The van der Waals surface area contributed by atoms with Gasteiger partial charge >= 0.3 is 5.97 Å². The average molecular weight is 252 g/mol. The van der Waals surface area contributed by atoms with Gasteiger partial charge in [0.25, 0.3) is 5.56 Å². The first-order chi connectivity index (χ1) is 8.19. The number of nitrogens with zero attached hydrogens (tertiary/aromatic N) is 4. The zero-order chi connectivity index (χ0) is 12.4. The highest BCUT2D eigenvalue weighted by molar-refractivity contribution is 7.99. The van der Waals surface area contributed by atoms with Crippen LogP contribution in [0.5, 0.6) is 0 Å². The molecule has 0 spiro atoms. The van der Waals surface area contributed by atoms with Gasteiger partial charge < -0.3 is 4.74 Å². The van der Waals surface area contributed by atoms with E-state index in [2.05, 4.69) is 14.8 Å². The number of carbonyl (C=O) groups is 1. The van der Waals surface area contributed by atoms with Crippen molar-refractivity contribution in [3.05, 3.63) is 32.9 Å². The third kappa shape index (κ3) is 1.88. The minimum atomic E-state index is -0.652. The van der Waals surface area contributed by atoms with Gasteiger partial charge in [0.15, 0.2) is 0 Å². The zero-order valence-electron chi connectivity index (χ0n) is 8.86. The van der Waals surface area contributed by atoms with Crippen molar-refractivity contribution in [2.24, 2.45) is 5.11 Å². The third-order valence-electron chi connectivity index (χ3n) is 2.39. The molecule has 1 aliphatic rings. The SMILES string of the molecule is COC(=O)[C@@H]1CSc2ccc(N=[N+]=[N-])c(=O)n21. The van der Waals surface area contributed by atoms with Crippen LogP contribution in [0.1, 0.15) is 6.04 Å². The fourth-order valence-corrected chi connectivity index (χ4v) is 2.74. The Morgan fingerprint density at radius 3 is 3.12 bits per heavy atom. The first kappa shape index (κ1) is 11.6. The van der Waals surface area contributed by atoms with Crippen LogP contribution in [0.25, 0.3) is 10.4 Å². The Labute approximate surface area is 100 Å². The van der Waals surface area contributed by atoms with Crippen LogP contribution in [0, 0.1) is 0 Å². The first-order valence-electron chi connectivity index (χ1n) is 4.70. The van der Waals surface area contributed by atoms with E-state index in [0.29, 0.717) is 10.8 Å². The number of esters is 1. The van der Waals surface area contributed by atoms with Crippen molar-refractivity contribution in [2.75, 3.05) is 12.9 Å². The lowest BCUT2D eigenvalue weighted by atomic mass is 10.3. The van der Waals surface area contributed by atoms with Crippen LogP contribution in [0.4, 0.5) is 5.69 Å². The Bertz CT molecular complexity index is 576. The largest absolute Gasteiger partial charge is 0.467 e. The van der Waals surface area contributed by atoms with Gasteiger partial charge in [0.1, 0.15) is 11.7 Å². The Morgan fingerprint density at radius 1 is 1.71 bits per heavy atom. The number of ether oxygens (including phenoxy) is 1. The van der Waals surface area contributed by atoms with Crippen LogP contribution in [0.15, 0.2) is 27.1 Å². The van der Waals surface area contributed by atoms with Gasteiger partial charge in [0.2, 0.25) is 0 Å². The van der Waals surface area contributed by atoms with E-state index in [4.69, 9.17) is 5.53 Å². The number of hydrogen-bond donors (Lipinski definition) is 0. The van der Waals surface area contributed by atoms with Crippen molar-refractivity contribution in [2.45, 2.75) is 11.1 Å². The summed E-state index contributed by atoms with van der Waals surface area (Å²) in [5.74, 6) is -0.0295. The summed E-state index contributed by atoms with van der Waals surface area (Å²) in [5, 5.41) is 3.96. The maximum absolute atomic E-state index is 12.0. The molecule has 2 heterocycles. The highest BCUT2D eigenvalue weighted by Crippen LogP contribution is 2.32. The Balaban J connectivity index is 2.57. The van der Waals surface area contributed by atoms with Crippen LogP contribution in [-0.4, -0.2) is 23.4 Å². The molecule has 0 aliphatic carbocycles.